The molecule has 4 nitrogen and oxygen atoms in total. The van der Waals surface area contributed by atoms with Crippen LogP contribution in [0.25, 0.3) is 0 Å². The first-order chi connectivity index (χ1) is 9.77. The van der Waals surface area contributed by atoms with E-state index in [1.807, 2.05) is 42.2 Å². The quantitative estimate of drug-likeness (QED) is 0.777. The highest BCUT2D eigenvalue weighted by Crippen LogP contribution is 2.25. The third-order valence-electron chi connectivity index (χ3n) is 3.68. The summed E-state index contributed by atoms with van der Waals surface area (Å²) in [4.78, 5) is 14.5. The summed E-state index contributed by atoms with van der Waals surface area (Å²) in [5, 5.41) is 3.43. The number of carbonyl (C=O) groups excluding carboxylic acids is 1. The molecule has 1 aromatic carbocycles. The van der Waals surface area contributed by atoms with Gasteiger partial charge in [0.05, 0.1) is 6.17 Å². The van der Waals surface area contributed by atoms with Gasteiger partial charge in [0.2, 0.25) is 5.91 Å². The molecule has 1 aliphatic rings. The monoisotopic (exact) mass is 276 g/mol. The molecule has 1 heterocycles. The van der Waals surface area contributed by atoms with E-state index in [1.165, 1.54) is 0 Å². The number of nitrogens with zero attached hydrogens (tertiary/aromatic N) is 1. The van der Waals surface area contributed by atoms with Gasteiger partial charge in [0.1, 0.15) is 6.04 Å². The van der Waals surface area contributed by atoms with Crippen molar-refractivity contribution >= 4 is 5.91 Å². The van der Waals surface area contributed by atoms with Crippen molar-refractivity contribution in [1.82, 2.24) is 10.2 Å². The van der Waals surface area contributed by atoms with E-state index in [0.717, 1.165) is 31.6 Å². The Morgan fingerprint density at radius 1 is 1.25 bits per heavy atom. The number of hydrogen-bond donors (Lipinski definition) is 1. The zero-order valence-electron chi connectivity index (χ0n) is 12.3. The van der Waals surface area contributed by atoms with E-state index in [9.17, 15) is 4.79 Å². The molecule has 1 aliphatic heterocycles. The summed E-state index contributed by atoms with van der Waals surface area (Å²) in [7, 11) is 0. The molecule has 1 aromatic rings. The van der Waals surface area contributed by atoms with E-state index in [4.69, 9.17) is 4.74 Å². The Hall–Kier alpha value is -1.39. The zero-order valence-corrected chi connectivity index (χ0v) is 12.3. The Labute approximate surface area is 121 Å². The van der Waals surface area contributed by atoms with Gasteiger partial charge in [0.15, 0.2) is 0 Å². The average molecular weight is 276 g/mol. The molecular weight excluding hydrogens is 252 g/mol. The van der Waals surface area contributed by atoms with Crippen LogP contribution in [0.4, 0.5) is 0 Å². The molecule has 4 heteroatoms. The number of ether oxygens (including phenoxy) is 1. The fourth-order valence-electron chi connectivity index (χ4n) is 2.64. The summed E-state index contributed by atoms with van der Waals surface area (Å²) >= 11 is 0. The number of rotatable bonds is 7. The number of carbonyl (C=O) groups is 1. The first-order valence-electron chi connectivity index (χ1n) is 7.47. The molecular formula is C16H24N2O2. The Balaban J connectivity index is 2.00. The average Bonchev–Trinajstić information content (AvgIpc) is 2.81. The van der Waals surface area contributed by atoms with Crippen molar-refractivity contribution in [2.75, 3.05) is 19.8 Å². The summed E-state index contributed by atoms with van der Waals surface area (Å²) in [6, 6.07) is 9.73. The van der Waals surface area contributed by atoms with Crippen molar-refractivity contribution in [3.05, 3.63) is 35.9 Å². The molecule has 110 valence electrons. The maximum atomic E-state index is 12.6. The standard InChI is InChI=1S/C16H24N2O2/c1-3-14-17-15(13-9-6-5-7-10-13)16(19)18(14)11-8-12-20-4-2/h5-7,9-10,14-15,17H,3-4,8,11-12H2,1-2H3. The van der Waals surface area contributed by atoms with Crippen LogP contribution >= 0.6 is 0 Å². The predicted octanol–water partition coefficient (Wildman–Crippen LogP) is 2.32. The van der Waals surface area contributed by atoms with Gasteiger partial charge in [0, 0.05) is 19.8 Å². The highest BCUT2D eigenvalue weighted by molar-refractivity contribution is 5.85. The molecule has 0 bridgehead atoms. The maximum absolute atomic E-state index is 12.6. The topological polar surface area (TPSA) is 41.6 Å². The minimum absolute atomic E-state index is 0.134. The number of amides is 1. The molecule has 2 unspecified atom stereocenters. The minimum atomic E-state index is -0.201. The largest absolute Gasteiger partial charge is 0.382 e. The van der Waals surface area contributed by atoms with Crippen molar-refractivity contribution in [3.63, 3.8) is 0 Å². The van der Waals surface area contributed by atoms with Crippen LogP contribution in [0.3, 0.4) is 0 Å². The molecule has 1 N–H and O–H groups in total. The SMILES string of the molecule is CCOCCCN1C(=O)C(c2ccccc2)NC1CC. The van der Waals surface area contributed by atoms with Gasteiger partial charge in [-0.3, -0.25) is 10.1 Å². The van der Waals surface area contributed by atoms with Gasteiger partial charge in [-0.2, -0.15) is 0 Å². The normalized spacial score (nSPS) is 22.5. The molecule has 0 radical (unpaired) electrons. The van der Waals surface area contributed by atoms with Crippen LogP contribution in [0.5, 0.6) is 0 Å². The fraction of sp³-hybridized carbons (Fsp3) is 0.562. The lowest BCUT2D eigenvalue weighted by molar-refractivity contribution is -0.130. The van der Waals surface area contributed by atoms with Crippen LogP contribution in [-0.2, 0) is 9.53 Å². The lowest BCUT2D eigenvalue weighted by Crippen LogP contribution is -2.37. The van der Waals surface area contributed by atoms with Gasteiger partial charge in [-0.15, -0.1) is 0 Å². The van der Waals surface area contributed by atoms with Gasteiger partial charge >= 0.3 is 0 Å². The summed E-state index contributed by atoms with van der Waals surface area (Å²) in [5.41, 5.74) is 1.04. The first kappa shape index (κ1) is 15.0. The van der Waals surface area contributed by atoms with E-state index < -0.39 is 0 Å². The van der Waals surface area contributed by atoms with Crippen molar-refractivity contribution in [3.8, 4) is 0 Å². The molecule has 1 saturated heterocycles. The number of hydrogen-bond acceptors (Lipinski definition) is 3. The minimum Gasteiger partial charge on any atom is -0.382 e. The third kappa shape index (κ3) is 3.38. The molecule has 2 rings (SSSR count). The summed E-state index contributed by atoms with van der Waals surface area (Å²) in [5.74, 6) is 0.180. The molecule has 0 aromatic heterocycles. The highest BCUT2D eigenvalue weighted by atomic mass is 16.5. The lowest BCUT2D eigenvalue weighted by atomic mass is 10.1. The second-order valence-corrected chi connectivity index (χ2v) is 5.02. The van der Waals surface area contributed by atoms with Crippen LogP contribution in [0, 0.1) is 0 Å². The van der Waals surface area contributed by atoms with E-state index in [0.29, 0.717) is 6.61 Å². The van der Waals surface area contributed by atoms with E-state index >= 15 is 0 Å². The maximum Gasteiger partial charge on any atom is 0.245 e. The van der Waals surface area contributed by atoms with Crippen molar-refractivity contribution in [2.45, 2.75) is 38.9 Å². The summed E-state index contributed by atoms with van der Waals surface area (Å²) in [6.45, 7) is 6.30. The second kappa shape index (κ2) is 7.41. The van der Waals surface area contributed by atoms with Crippen LogP contribution in [0.2, 0.25) is 0 Å². The van der Waals surface area contributed by atoms with Crippen LogP contribution in [-0.4, -0.2) is 36.7 Å². The van der Waals surface area contributed by atoms with E-state index in [-0.39, 0.29) is 18.1 Å². The van der Waals surface area contributed by atoms with Crippen LogP contribution in [0.15, 0.2) is 30.3 Å². The molecule has 1 fully saturated rings. The zero-order chi connectivity index (χ0) is 14.4. The second-order valence-electron chi connectivity index (χ2n) is 5.02. The van der Waals surface area contributed by atoms with Crippen LogP contribution < -0.4 is 5.32 Å². The Kier molecular flexibility index (Phi) is 5.56. The van der Waals surface area contributed by atoms with E-state index in [1.54, 1.807) is 0 Å². The van der Waals surface area contributed by atoms with Gasteiger partial charge in [-0.05, 0) is 25.3 Å². The summed E-state index contributed by atoms with van der Waals surface area (Å²) < 4.78 is 5.35. The van der Waals surface area contributed by atoms with Crippen molar-refractivity contribution in [1.29, 1.82) is 0 Å². The molecule has 2 atom stereocenters. The summed E-state index contributed by atoms with van der Waals surface area (Å²) in [6.07, 6.45) is 1.94. The van der Waals surface area contributed by atoms with Crippen LogP contribution in [0.1, 0.15) is 38.3 Å². The Bertz CT molecular complexity index is 422. The molecule has 1 amide bonds. The van der Waals surface area contributed by atoms with Gasteiger partial charge in [-0.25, -0.2) is 0 Å². The Morgan fingerprint density at radius 2 is 2.00 bits per heavy atom. The molecule has 0 spiro atoms. The third-order valence-corrected chi connectivity index (χ3v) is 3.68. The predicted molar refractivity (Wildman–Crippen MR) is 79.2 cm³/mol. The van der Waals surface area contributed by atoms with E-state index in [2.05, 4.69) is 12.2 Å². The van der Waals surface area contributed by atoms with Crippen molar-refractivity contribution in [2.24, 2.45) is 0 Å². The van der Waals surface area contributed by atoms with Crippen molar-refractivity contribution < 1.29 is 9.53 Å². The van der Waals surface area contributed by atoms with Gasteiger partial charge < -0.3 is 9.64 Å². The molecule has 0 aliphatic carbocycles. The number of nitrogens with one attached hydrogen (secondary N) is 1. The lowest BCUT2D eigenvalue weighted by Gasteiger charge is -2.22. The Morgan fingerprint density at radius 3 is 2.65 bits per heavy atom. The number of benzene rings is 1. The molecule has 20 heavy (non-hydrogen) atoms. The van der Waals surface area contributed by atoms with Gasteiger partial charge in [0.25, 0.3) is 0 Å². The first-order valence-corrected chi connectivity index (χ1v) is 7.47. The van der Waals surface area contributed by atoms with Gasteiger partial charge in [-0.1, -0.05) is 37.3 Å². The smallest absolute Gasteiger partial charge is 0.245 e. The molecule has 0 saturated carbocycles. The fourth-order valence-corrected chi connectivity index (χ4v) is 2.64. The highest BCUT2D eigenvalue weighted by Gasteiger charge is 2.38.